The Morgan fingerprint density at radius 2 is 1.76 bits per heavy atom. The van der Waals surface area contributed by atoms with Crippen LogP contribution in [0, 0.1) is 19.8 Å². The first-order valence-corrected chi connectivity index (χ1v) is 12.7. The van der Waals surface area contributed by atoms with E-state index in [0.717, 1.165) is 0 Å². The zero-order chi connectivity index (χ0) is 25.2. The molecule has 0 spiro atoms. The number of aromatic nitrogens is 1. The lowest BCUT2D eigenvalue weighted by atomic mass is 9.97. The Hall–Kier alpha value is -2.98. The molecule has 1 aliphatic rings. The largest absolute Gasteiger partial charge is 0.462 e. The number of carbonyl (C=O) groups excluding carboxylic acids is 3. The van der Waals surface area contributed by atoms with E-state index in [2.05, 4.69) is 5.32 Å². The number of esters is 1. The molecule has 1 aromatic carbocycles. The van der Waals surface area contributed by atoms with Crippen LogP contribution < -0.4 is 5.32 Å². The van der Waals surface area contributed by atoms with Gasteiger partial charge in [0.1, 0.15) is 10.5 Å². The van der Waals surface area contributed by atoms with Crippen LogP contribution in [0.15, 0.2) is 29.2 Å². The summed E-state index contributed by atoms with van der Waals surface area (Å²) in [5.74, 6) is -1.33. The highest BCUT2D eigenvalue weighted by Gasteiger charge is 2.38. The van der Waals surface area contributed by atoms with Gasteiger partial charge in [-0.15, -0.1) is 0 Å². The van der Waals surface area contributed by atoms with Crippen molar-refractivity contribution >= 4 is 33.4 Å². The summed E-state index contributed by atoms with van der Waals surface area (Å²) in [6.45, 7) is 6.94. The summed E-state index contributed by atoms with van der Waals surface area (Å²) in [5, 5.41) is 2.83. The average molecular weight is 490 g/mol. The molecule has 34 heavy (non-hydrogen) atoms. The summed E-state index contributed by atoms with van der Waals surface area (Å²) >= 11 is 0. The number of anilines is 1. The number of ether oxygens (including phenoxy) is 1. The third kappa shape index (κ3) is 4.92. The molecule has 0 bridgehead atoms. The smallest absolute Gasteiger partial charge is 0.341 e. The van der Waals surface area contributed by atoms with Crippen molar-refractivity contribution in [1.29, 1.82) is 0 Å². The number of hydrogen-bond donors (Lipinski definition) is 1. The molecular weight excluding hydrogens is 458 g/mol. The van der Waals surface area contributed by atoms with E-state index in [4.69, 9.17) is 4.74 Å². The molecule has 1 aromatic heterocycles. The van der Waals surface area contributed by atoms with Crippen molar-refractivity contribution in [3.05, 3.63) is 46.8 Å². The van der Waals surface area contributed by atoms with Crippen LogP contribution in [0.25, 0.3) is 0 Å². The van der Waals surface area contributed by atoms with Gasteiger partial charge in [-0.1, -0.05) is 12.1 Å². The highest BCUT2D eigenvalue weighted by molar-refractivity contribution is 7.89. The Kier molecular flexibility index (Phi) is 7.62. The number of hydrogen-bond acceptors (Lipinski definition) is 6. The summed E-state index contributed by atoms with van der Waals surface area (Å²) in [6, 6.07) is 6.71. The monoisotopic (exact) mass is 489 g/mol. The second-order valence-electron chi connectivity index (χ2n) is 8.46. The van der Waals surface area contributed by atoms with Gasteiger partial charge in [-0.2, -0.15) is 4.31 Å². The lowest BCUT2D eigenvalue weighted by Crippen LogP contribution is -2.42. The summed E-state index contributed by atoms with van der Waals surface area (Å²) < 4.78 is 35.2. The molecule has 0 unspecified atom stereocenters. The van der Waals surface area contributed by atoms with Gasteiger partial charge in [-0.25, -0.2) is 13.2 Å². The molecule has 0 radical (unpaired) electrons. The summed E-state index contributed by atoms with van der Waals surface area (Å²) in [4.78, 5) is 36.9. The number of rotatable bonds is 7. The quantitative estimate of drug-likeness (QED) is 0.472. The van der Waals surface area contributed by atoms with Gasteiger partial charge in [0.05, 0.1) is 6.61 Å². The second-order valence-corrected chi connectivity index (χ2v) is 10.3. The Morgan fingerprint density at radius 3 is 2.35 bits per heavy atom. The molecule has 1 saturated heterocycles. The summed E-state index contributed by atoms with van der Waals surface area (Å²) in [7, 11) is -2.26. The fourth-order valence-corrected chi connectivity index (χ4v) is 6.17. The van der Waals surface area contributed by atoms with Gasteiger partial charge in [-0.3, -0.25) is 9.59 Å². The maximum absolute atomic E-state index is 13.5. The minimum Gasteiger partial charge on any atom is -0.462 e. The van der Waals surface area contributed by atoms with Crippen LogP contribution in [0.5, 0.6) is 0 Å². The van der Waals surface area contributed by atoms with Gasteiger partial charge >= 0.3 is 5.97 Å². The van der Waals surface area contributed by atoms with Crippen molar-refractivity contribution in [2.24, 2.45) is 13.0 Å². The average Bonchev–Trinajstić information content (AvgIpc) is 3.04. The molecule has 10 heteroatoms. The third-order valence-electron chi connectivity index (χ3n) is 6.36. The highest BCUT2D eigenvalue weighted by atomic mass is 32.2. The van der Waals surface area contributed by atoms with Crippen LogP contribution in [0.3, 0.4) is 0 Å². The highest BCUT2D eigenvalue weighted by Crippen LogP contribution is 2.32. The van der Waals surface area contributed by atoms with E-state index in [1.54, 1.807) is 56.7 Å². The lowest BCUT2D eigenvalue weighted by Gasteiger charge is -2.30. The number of benzene rings is 1. The molecular formula is C24H31N3O6S. The molecule has 1 aliphatic heterocycles. The van der Waals surface area contributed by atoms with E-state index in [1.165, 1.54) is 11.2 Å². The van der Waals surface area contributed by atoms with Crippen molar-refractivity contribution in [1.82, 2.24) is 8.87 Å². The molecule has 2 heterocycles. The normalized spacial score (nSPS) is 15.2. The van der Waals surface area contributed by atoms with Crippen LogP contribution in [0.1, 0.15) is 58.8 Å². The zero-order valence-corrected chi connectivity index (χ0v) is 21.0. The van der Waals surface area contributed by atoms with Crippen molar-refractivity contribution in [2.75, 3.05) is 25.0 Å². The predicted octanol–water partition coefficient (Wildman–Crippen LogP) is 3.06. The van der Waals surface area contributed by atoms with E-state index in [-0.39, 0.29) is 47.8 Å². The first-order chi connectivity index (χ1) is 16.0. The maximum Gasteiger partial charge on any atom is 0.341 e. The van der Waals surface area contributed by atoms with E-state index >= 15 is 0 Å². The van der Waals surface area contributed by atoms with Crippen molar-refractivity contribution in [3.8, 4) is 0 Å². The SMILES string of the molecule is CCOC(=O)c1c(S(=O)(=O)N2CCC(C(=O)Nc3cccc(C(C)=O)c3)CC2)c(C)n(C)c1C. The Labute approximate surface area is 200 Å². The molecule has 184 valence electrons. The number of Topliss-reactive ketones (excluding diaryl/α,β-unsaturated/α-hetero) is 1. The lowest BCUT2D eigenvalue weighted by molar-refractivity contribution is -0.120. The minimum absolute atomic E-state index is 0.0325. The summed E-state index contributed by atoms with van der Waals surface area (Å²) in [6.07, 6.45) is 0.689. The predicted molar refractivity (Wildman–Crippen MR) is 127 cm³/mol. The Balaban J connectivity index is 1.76. The number of nitrogens with one attached hydrogen (secondary N) is 1. The fraction of sp³-hybridized carbons (Fsp3) is 0.458. The molecule has 1 N–H and O–H groups in total. The number of piperidine rings is 1. The first kappa shape index (κ1) is 25.6. The van der Waals surface area contributed by atoms with Crippen molar-refractivity contribution in [3.63, 3.8) is 0 Å². The van der Waals surface area contributed by atoms with E-state index in [9.17, 15) is 22.8 Å². The minimum atomic E-state index is -3.97. The fourth-order valence-electron chi connectivity index (χ4n) is 4.22. The summed E-state index contributed by atoms with van der Waals surface area (Å²) in [5.41, 5.74) is 2.08. The molecule has 9 nitrogen and oxygen atoms in total. The van der Waals surface area contributed by atoms with Gasteiger partial charge in [0.2, 0.25) is 15.9 Å². The van der Waals surface area contributed by atoms with Crippen LogP contribution in [0.4, 0.5) is 5.69 Å². The van der Waals surface area contributed by atoms with Crippen LogP contribution in [0.2, 0.25) is 0 Å². The topological polar surface area (TPSA) is 115 Å². The van der Waals surface area contributed by atoms with E-state index in [1.807, 2.05) is 0 Å². The molecule has 1 fully saturated rings. The molecule has 1 amide bonds. The second kappa shape index (κ2) is 10.1. The van der Waals surface area contributed by atoms with Gasteiger partial charge in [0.25, 0.3) is 0 Å². The van der Waals surface area contributed by atoms with E-state index in [0.29, 0.717) is 35.5 Å². The number of amides is 1. The standard InChI is InChI=1S/C24H31N3O6S/c1-6-33-24(30)21-15(2)26(5)16(3)22(21)34(31,32)27-12-10-18(11-13-27)23(29)25-20-9-7-8-19(14-20)17(4)28/h7-9,14,18H,6,10-13H2,1-5H3,(H,25,29). The number of carbonyl (C=O) groups is 3. The number of ketones is 1. The van der Waals surface area contributed by atoms with Gasteiger partial charge in [-0.05, 0) is 52.7 Å². The first-order valence-electron chi connectivity index (χ1n) is 11.2. The van der Waals surface area contributed by atoms with Gasteiger partial charge in [0, 0.05) is 48.7 Å². The van der Waals surface area contributed by atoms with Gasteiger partial charge in [0.15, 0.2) is 5.78 Å². The third-order valence-corrected chi connectivity index (χ3v) is 8.42. The van der Waals surface area contributed by atoms with E-state index < -0.39 is 16.0 Å². The molecule has 0 atom stereocenters. The van der Waals surface area contributed by atoms with Crippen molar-refractivity contribution < 1.29 is 27.5 Å². The molecule has 0 saturated carbocycles. The van der Waals surface area contributed by atoms with Gasteiger partial charge < -0.3 is 14.6 Å². The zero-order valence-electron chi connectivity index (χ0n) is 20.2. The van der Waals surface area contributed by atoms with Crippen LogP contribution >= 0.6 is 0 Å². The number of sulfonamides is 1. The molecule has 2 aromatic rings. The Morgan fingerprint density at radius 1 is 1.12 bits per heavy atom. The molecule has 0 aliphatic carbocycles. The van der Waals surface area contributed by atoms with Crippen LogP contribution in [-0.4, -0.2) is 54.6 Å². The maximum atomic E-state index is 13.5. The van der Waals surface area contributed by atoms with Crippen molar-refractivity contribution in [2.45, 2.75) is 45.4 Å². The number of nitrogens with zero attached hydrogens (tertiary/aromatic N) is 2. The Bertz CT molecular complexity index is 1220. The molecule has 3 rings (SSSR count). The van der Waals surface area contributed by atoms with Crippen LogP contribution in [-0.2, 0) is 26.6 Å².